The van der Waals surface area contributed by atoms with Gasteiger partial charge in [0.1, 0.15) is 18.4 Å². The average molecular weight is 382 g/mol. The maximum absolute atomic E-state index is 13.4. The zero-order valence-corrected chi connectivity index (χ0v) is 14.2. The Hall–Kier alpha value is -2.36. The molecule has 0 amide bonds. The van der Waals surface area contributed by atoms with Crippen molar-refractivity contribution in [2.24, 2.45) is 0 Å². The molecule has 25 heavy (non-hydrogen) atoms. The Labute approximate surface area is 152 Å². The molecule has 3 rings (SSSR count). The largest absolute Gasteiger partial charge is 0.490 e. The van der Waals surface area contributed by atoms with E-state index in [-0.39, 0.29) is 29.4 Å². The van der Waals surface area contributed by atoms with Crippen LogP contribution >= 0.6 is 23.2 Å². The molecule has 0 aliphatic carbocycles. The van der Waals surface area contributed by atoms with E-state index >= 15 is 0 Å². The lowest BCUT2D eigenvalue weighted by Crippen LogP contribution is -2.11. The SMILES string of the molecule is N#Cc1ccc2c(cc(C(F)F)n2CCOc2cncc(Cl)c2)c1Cl. The van der Waals surface area contributed by atoms with Gasteiger partial charge in [-0.25, -0.2) is 8.78 Å². The highest BCUT2D eigenvalue weighted by molar-refractivity contribution is 6.36. The summed E-state index contributed by atoms with van der Waals surface area (Å²) < 4.78 is 33.7. The van der Waals surface area contributed by atoms with E-state index in [1.807, 2.05) is 6.07 Å². The molecule has 0 fully saturated rings. The molecule has 0 saturated carbocycles. The van der Waals surface area contributed by atoms with Crippen LogP contribution in [0.1, 0.15) is 17.7 Å². The predicted molar refractivity (Wildman–Crippen MR) is 91.4 cm³/mol. The molecule has 128 valence electrons. The van der Waals surface area contributed by atoms with Crippen LogP contribution in [0.3, 0.4) is 0 Å². The van der Waals surface area contributed by atoms with E-state index in [0.717, 1.165) is 0 Å². The molecule has 4 nitrogen and oxygen atoms in total. The zero-order valence-electron chi connectivity index (χ0n) is 12.7. The molecule has 0 N–H and O–H groups in total. The second-order valence-electron chi connectivity index (χ2n) is 5.18. The number of benzene rings is 1. The van der Waals surface area contributed by atoms with Crippen molar-refractivity contribution in [1.82, 2.24) is 9.55 Å². The first kappa shape index (κ1) is 17.5. The van der Waals surface area contributed by atoms with Crippen molar-refractivity contribution in [1.29, 1.82) is 5.26 Å². The third kappa shape index (κ3) is 3.53. The average Bonchev–Trinajstić information content (AvgIpc) is 2.95. The van der Waals surface area contributed by atoms with Gasteiger partial charge in [0.2, 0.25) is 0 Å². The minimum Gasteiger partial charge on any atom is -0.490 e. The van der Waals surface area contributed by atoms with E-state index in [0.29, 0.717) is 21.7 Å². The van der Waals surface area contributed by atoms with Crippen molar-refractivity contribution < 1.29 is 13.5 Å². The van der Waals surface area contributed by atoms with Crippen LogP contribution in [0, 0.1) is 11.3 Å². The highest BCUT2D eigenvalue weighted by atomic mass is 35.5. The van der Waals surface area contributed by atoms with Gasteiger partial charge in [-0.1, -0.05) is 23.2 Å². The van der Waals surface area contributed by atoms with Crippen LogP contribution in [-0.4, -0.2) is 16.2 Å². The van der Waals surface area contributed by atoms with Crippen molar-refractivity contribution in [3.05, 3.63) is 58.0 Å². The third-order valence-corrected chi connectivity index (χ3v) is 4.27. The summed E-state index contributed by atoms with van der Waals surface area (Å²) in [6, 6.07) is 7.96. The van der Waals surface area contributed by atoms with Gasteiger partial charge in [-0.2, -0.15) is 5.26 Å². The monoisotopic (exact) mass is 381 g/mol. The van der Waals surface area contributed by atoms with Crippen molar-refractivity contribution >= 4 is 34.1 Å². The topological polar surface area (TPSA) is 50.8 Å². The molecule has 1 aromatic carbocycles. The Bertz CT molecular complexity index is 966. The van der Waals surface area contributed by atoms with Crippen LogP contribution in [0.15, 0.2) is 36.7 Å². The van der Waals surface area contributed by atoms with Crippen LogP contribution < -0.4 is 4.74 Å². The maximum atomic E-state index is 13.4. The molecule has 0 spiro atoms. The number of halogens is 4. The Balaban J connectivity index is 1.90. The van der Waals surface area contributed by atoms with Gasteiger partial charge >= 0.3 is 0 Å². The van der Waals surface area contributed by atoms with Crippen molar-refractivity contribution in [3.63, 3.8) is 0 Å². The third-order valence-electron chi connectivity index (χ3n) is 3.66. The van der Waals surface area contributed by atoms with Crippen LogP contribution in [0.4, 0.5) is 8.78 Å². The van der Waals surface area contributed by atoms with E-state index in [4.69, 9.17) is 33.2 Å². The Morgan fingerprint density at radius 3 is 2.72 bits per heavy atom. The van der Waals surface area contributed by atoms with Crippen molar-refractivity contribution in [2.45, 2.75) is 13.0 Å². The first-order valence-electron chi connectivity index (χ1n) is 7.24. The first-order chi connectivity index (χ1) is 12.0. The summed E-state index contributed by atoms with van der Waals surface area (Å²) in [5.74, 6) is 0.451. The summed E-state index contributed by atoms with van der Waals surface area (Å²) in [6.45, 7) is 0.320. The first-order valence-corrected chi connectivity index (χ1v) is 8.00. The zero-order chi connectivity index (χ0) is 18.0. The minimum absolute atomic E-state index is 0.142. The van der Waals surface area contributed by atoms with Gasteiger partial charge in [0.25, 0.3) is 6.43 Å². The number of hydrogen-bond donors (Lipinski definition) is 0. The fourth-order valence-electron chi connectivity index (χ4n) is 2.56. The van der Waals surface area contributed by atoms with Gasteiger partial charge in [0.15, 0.2) is 0 Å². The van der Waals surface area contributed by atoms with Gasteiger partial charge < -0.3 is 9.30 Å². The molecular weight excluding hydrogens is 371 g/mol. The summed E-state index contributed by atoms with van der Waals surface area (Å²) in [5, 5.41) is 10.0. The summed E-state index contributed by atoms with van der Waals surface area (Å²) >= 11 is 12.0. The number of fused-ring (bicyclic) bond motifs is 1. The molecule has 3 aromatic rings. The van der Waals surface area contributed by atoms with E-state index in [1.165, 1.54) is 29.1 Å². The second-order valence-corrected chi connectivity index (χ2v) is 5.99. The number of alkyl halides is 2. The number of aromatic nitrogens is 2. The molecule has 2 aromatic heterocycles. The molecule has 2 heterocycles. The van der Waals surface area contributed by atoms with Crippen molar-refractivity contribution in [2.75, 3.05) is 6.61 Å². The molecular formula is C17H11Cl2F2N3O. The van der Waals surface area contributed by atoms with Crippen molar-refractivity contribution in [3.8, 4) is 11.8 Å². The van der Waals surface area contributed by atoms with Gasteiger partial charge in [-0.05, 0) is 18.2 Å². The van der Waals surface area contributed by atoms with Gasteiger partial charge in [-0.15, -0.1) is 0 Å². The number of nitrogens with zero attached hydrogens (tertiary/aromatic N) is 3. The lowest BCUT2D eigenvalue weighted by Gasteiger charge is -2.12. The molecule has 0 saturated heterocycles. The highest BCUT2D eigenvalue weighted by Gasteiger charge is 2.19. The van der Waals surface area contributed by atoms with Gasteiger partial charge in [0, 0.05) is 17.6 Å². The number of pyridine rings is 1. The summed E-state index contributed by atoms with van der Waals surface area (Å²) in [7, 11) is 0. The van der Waals surface area contributed by atoms with Crippen LogP contribution in [0.25, 0.3) is 10.9 Å². The second kappa shape index (κ2) is 7.26. The smallest absolute Gasteiger partial charge is 0.278 e. The molecule has 0 unspecified atom stereocenters. The van der Waals surface area contributed by atoms with Gasteiger partial charge in [-0.3, -0.25) is 4.98 Å². The highest BCUT2D eigenvalue weighted by Crippen LogP contribution is 2.33. The predicted octanol–water partition coefficient (Wildman–Crippen LogP) is 5.23. The lowest BCUT2D eigenvalue weighted by molar-refractivity contribution is 0.140. The minimum atomic E-state index is -2.68. The van der Waals surface area contributed by atoms with Crippen LogP contribution in [-0.2, 0) is 6.54 Å². The molecule has 0 bridgehead atoms. The number of rotatable bonds is 5. The summed E-state index contributed by atoms with van der Waals surface area (Å²) in [5.41, 5.74) is 0.584. The molecule has 0 aliphatic heterocycles. The summed E-state index contributed by atoms with van der Waals surface area (Å²) in [6.07, 6.45) is 0.281. The van der Waals surface area contributed by atoms with E-state index in [9.17, 15) is 8.78 Å². The molecule has 0 aliphatic rings. The molecule has 0 atom stereocenters. The Kier molecular flexibility index (Phi) is 5.07. The van der Waals surface area contributed by atoms with E-state index in [1.54, 1.807) is 12.1 Å². The maximum Gasteiger partial charge on any atom is 0.278 e. The quantitative estimate of drug-likeness (QED) is 0.607. The van der Waals surface area contributed by atoms with E-state index in [2.05, 4.69) is 4.98 Å². The van der Waals surface area contributed by atoms with Crippen LogP contribution in [0.2, 0.25) is 10.0 Å². The Morgan fingerprint density at radius 2 is 2.04 bits per heavy atom. The van der Waals surface area contributed by atoms with E-state index < -0.39 is 6.43 Å². The fraction of sp³-hybridized carbons (Fsp3) is 0.176. The normalized spacial score (nSPS) is 11.0. The lowest BCUT2D eigenvalue weighted by atomic mass is 10.1. The number of hydrogen-bond acceptors (Lipinski definition) is 3. The molecule has 8 heteroatoms. The standard InChI is InChI=1S/C17H11Cl2F2N3O/c18-11-5-12(9-23-8-11)25-4-3-24-14-2-1-10(7-22)16(19)13(14)6-15(24)17(20)21/h1-2,5-6,8-9,17H,3-4H2. The van der Waals surface area contributed by atoms with Gasteiger partial charge in [0.05, 0.1) is 39.6 Å². The number of nitriles is 1. The summed E-state index contributed by atoms with van der Waals surface area (Å²) in [4.78, 5) is 3.89. The fourth-order valence-corrected chi connectivity index (χ4v) is 2.98. The Morgan fingerprint density at radius 1 is 1.24 bits per heavy atom. The molecule has 0 radical (unpaired) electrons. The van der Waals surface area contributed by atoms with Crippen LogP contribution in [0.5, 0.6) is 5.75 Å². The number of ether oxygens (including phenoxy) is 1.